The predicted molar refractivity (Wildman–Crippen MR) is 353 cm³/mol. The van der Waals surface area contributed by atoms with Gasteiger partial charge in [0.15, 0.2) is 6.10 Å². The smallest absolute Gasteiger partial charge is 0.306 e. The van der Waals surface area contributed by atoms with E-state index in [4.69, 9.17) is 14.2 Å². The molecule has 0 saturated carbocycles. The second-order valence-corrected chi connectivity index (χ2v) is 22.7. The van der Waals surface area contributed by atoms with Crippen molar-refractivity contribution in [3.05, 3.63) is 109 Å². The van der Waals surface area contributed by atoms with Gasteiger partial charge in [0.25, 0.3) is 0 Å². The van der Waals surface area contributed by atoms with Gasteiger partial charge in [0.1, 0.15) is 13.2 Å². The molecular weight excluding hydrogens is 997 g/mol. The van der Waals surface area contributed by atoms with Crippen LogP contribution in [0, 0.1) is 0 Å². The van der Waals surface area contributed by atoms with E-state index in [1.807, 2.05) is 0 Å². The molecule has 0 aliphatic rings. The van der Waals surface area contributed by atoms with Crippen molar-refractivity contribution < 1.29 is 28.6 Å². The van der Waals surface area contributed by atoms with Crippen molar-refractivity contribution >= 4 is 17.9 Å². The van der Waals surface area contributed by atoms with Crippen LogP contribution in [0.15, 0.2) is 109 Å². The number of esters is 3. The van der Waals surface area contributed by atoms with Crippen molar-refractivity contribution in [3.63, 3.8) is 0 Å². The lowest BCUT2D eigenvalue weighted by Crippen LogP contribution is -2.30. The van der Waals surface area contributed by atoms with Crippen molar-refractivity contribution in [1.29, 1.82) is 0 Å². The average molecular weight is 1130 g/mol. The summed E-state index contributed by atoms with van der Waals surface area (Å²) in [4.78, 5) is 38.5. The van der Waals surface area contributed by atoms with Gasteiger partial charge in [-0.3, -0.25) is 14.4 Å². The zero-order chi connectivity index (χ0) is 58.5. The highest BCUT2D eigenvalue weighted by atomic mass is 16.6. The molecule has 0 aromatic carbocycles. The van der Waals surface area contributed by atoms with E-state index in [1.54, 1.807) is 0 Å². The number of hydrogen-bond donors (Lipinski definition) is 0. The van der Waals surface area contributed by atoms with Crippen LogP contribution in [-0.4, -0.2) is 37.2 Å². The molecule has 464 valence electrons. The Hall–Kier alpha value is -3.93. The minimum atomic E-state index is -0.794. The molecule has 81 heavy (non-hydrogen) atoms. The third-order valence-corrected chi connectivity index (χ3v) is 14.7. The number of unbranched alkanes of at least 4 members (excludes halogenated alkanes) is 33. The number of hydrogen-bond acceptors (Lipinski definition) is 6. The van der Waals surface area contributed by atoms with Gasteiger partial charge in [-0.1, -0.05) is 297 Å². The zero-order valence-corrected chi connectivity index (χ0v) is 53.3. The average Bonchev–Trinajstić information content (AvgIpc) is 3.47. The Balaban J connectivity index is 4.39. The Morgan fingerprint density at radius 1 is 0.259 bits per heavy atom. The molecule has 0 spiro atoms. The lowest BCUT2D eigenvalue weighted by molar-refractivity contribution is -0.167. The van der Waals surface area contributed by atoms with Gasteiger partial charge in [-0.05, 0) is 122 Å². The molecule has 6 nitrogen and oxygen atoms in total. The SMILES string of the molecule is CC/C=C\C/C=C\C/C=C\C/C=C\CCCCCCCCCCCCC(=O)OCC(COC(=O)CCCCCC/C=C\C/C=C\C/C=C\C/C=C\CC)OC(=O)CCCCCCCCCCCCC/C=C\CCCCCCCCCC. The van der Waals surface area contributed by atoms with Gasteiger partial charge in [-0.15, -0.1) is 0 Å². The minimum Gasteiger partial charge on any atom is -0.462 e. The molecule has 1 unspecified atom stereocenters. The largest absolute Gasteiger partial charge is 0.462 e. The van der Waals surface area contributed by atoms with Gasteiger partial charge in [0, 0.05) is 19.3 Å². The molecule has 0 aliphatic heterocycles. The summed E-state index contributed by atoms with van der Waals surface area (Å²) in [5.74, 6) is -0.905. The van der Waals surface area contributed by atoms with Crippen LogP contribution in [0.3, 0.4) is 0 Å². The lowest BCUT2D eigenvalue weighted by Gasteiger charge is -2.18. The summed E-state index contributed by atoms with van der Waals surface area (Å²) in [7, 11) is 0. The number of carbonyl (C=O) groups is 3. The molecule has 0 fully saturated rings. The second kappa shape index (κ2) is 68.6. The Morgan fingerprint density at radius 2 is 0.481 bits per heavy atom. The van der Waals surface area contributed by atoms with E-state index >= 15 is 0 Å². The zero-order valence-electron chi connectivity index (χ0n) is 53.3. The topological polar surface area (TPSA) is 78.9 Å². The van der Waals surface area contributed by atoms with Crippen molar-refractivity contribution in [1.82, 2.24) is 0 Å². The summed E-state index contributed by atoms with van der Waals surface area (Å²) in [6.45, 7) is 6.43. The third-order valence-electron chi connectivity index (χ3n) is 14.7. The van der Waals surface area contributed by atoms with Gasteiger partial charge in [-0.2, -0.15) is 0 Å². The first-order valence-electron chi connectivity index (χ1n) is 34.4. The molecular formula is C75H128O6. The molecule has 0 bridgehead atoms. The summed E-state index contributed by atoms with van der Waals surface area (Å²) < 4.78 is 17.0. The second-order valence-electron chi connectivity index (χ2n) is 22.7. The van der Waals surface area contributed by atoms with Gasteiger partial charge >= 0.3 is 17.9 Å². The predicted octanol–water partition coefficient (Wildman–Crippen LogP) is 23.8. The summed E-state index contributed by atoms with van der Waals surface area (Å²) >= 11 is 0. The van der Waals surface area contributed by atoms with Crippen LogP contribution in [-0.2, 0) is 28.6 Å². The molecule has 0 radical (unpaired) electrons. The monoisotopic (exact) mass is 1120 g/mol. The maximum Gasteiger partial charge on any atom is 0.306 e. The number of allylic oxidation sites excluding steroid dienone is 18. The first-order chi connectivity index (χ1) is 40.0. The molecule has 0 aliphatic carbocycles. The van der Waals surface area contributed by atoms with E-state index in [1.165, 1.54) is 167 Å². The van der Waals surface area contributed by atoms with Gasteiger partial charge in [-0.25, -0.2) is 0 Å². The molecule has 0 heterocycles. The van der Waals surface area contributed by atoms with Crippen molar-refractivity contribution in [2.75, 3.05) is 13.2 Å². The van der Waals surface area contributed by atoms with Crippen LogP contribution in [0.1, 0.15) is 329 Å². The first-order valence-corrected chi connectivity index (χ1v) is 34.4. The van der Waals surface area contributed by atoms with E-state index < -0.39 is 6.10 Å². The molecule has 0 N–H and O–H groups in total. The first kappa shape index (κ1) is 77.1. The standard InChI is InChI=1S/C75H128O6/c1-4-7-10-13-16-19-22-25-28-31-33-35-37-39-41-44-47-50-53-56-59-62-65-68-74(77)80-71-72(70-79-73(76)67-64-61-58-55-52-49-46-43-30-27-24-21-18-15-12-9-6-3)81-75(78)69-66-63-60-57-54-51-48-45-42-40-38-36-34-32-29-26-23-20-17-14-11-8-5-2/h7,9-10,12,16,18-19,21,25,27-28,30,32-35,46,49,72H,4-6,8,11,13-15,17,20,22-24,26,29,31,36-45,47-48,50-71H2,1-3H3/b10-7-,12-9-,19-16-,21-18-,28-25-,30-27-,34-32-,35-33-,49-46-. The van der Waals surface area contributed by atoms with E-state index in [-0.39, 0.29) is 31.1 Å². The maximum absolute atomic E-state index is 13.0. The van der Waals surface area contributed by atoms with Gasteiger partial charge < -0.3 is 14.2 Å². The van der Waals surface area contributed by atoms with E-state index in [2.05, 4.69) is 130 Å². The maximum atomic E-state index is 13.0. The Labute approximate surface area is 501 Å². The molecule has 0 rings (SSSR count). The van der Waals surface area contributed by atoms with E-state index in [9.17, 15) is 14.4 Å². The fourth-order valence-corrected chi connectivity index (χ4v) is 9.66. The summed E-state index contributed by atoms with van der Waals surface area (Å²) in [6.07, 6.45) is 93.9. The van der Waals surface area contributed by atoms with Crippen LogP contribution in [0.4, 0.5) is 0 Å². The van der Waals surface area contributed by atoms with Crippen LogP contribution in [0.2, 0.25) is 0 Å². The quantitative estimate of drug-likeness (QED) is 0.0261. The fourth-order valence-electron chi connectivity index (χ4n) is 9.66. The summed E-state index contributed by atoms with van der Waals surface area (Å²) in [5, 5.41) is 0. The van der Waals surface area contributed by atoms with Crippen LogP contribution in [0.25, 0.3) is 0 Å². The van der Waals surface area contributed by atoms with Gasteiger partial charge in [0.2, 0.25) is 0 Å². The fraction of sp³-hybridized carbons (Fsp3) is 0.720. The minimum absolute atomic E-state index is 0.0883. The van der Waals surface area contributed by atoms with Crippen molar-refractivity contribution in [3.8, 4) is 0 Å². The number of carbonyl (C=O) groups excluding carboxylic acids is 3. The van der Waals surface area contributed by atoms with Crippen molar-refractivity contribution in [2.45, 2.75) is 335 Å². The van der Waals surface area contributed by atoms with E-state index in [0.717, 1.165) is 122 Å². The molecule has 1 atom stereocenters. The Bertz CT molecular complexity index is 1620. The van der Waals surface area contributed by atoms with Crippen molar-refractivity contribution in [2.24, 2.45) is 0 Å². The van der Waals surface area contributed by atoms with E-state index in [0.29, 0.717) is 19.3 Å². The molecule has 0 saturated heterocycles. The summed E-state index contributed by atoms with van der Waals surface area (Å²) in [5.41, 5.74) is 0. The Morgan fingerprint density at radius 3 is 0.765 bits per heavy atom. The highest BCUT2D eigenvalue weighted by Crippen LogP contribution is 2.17. The highest BCUT2D eigenvalue weighted by Gasteiger charge is 2.19. The van der Waals surface area contributed by atoms with Crippen LogP contribution in [0.5, 0.6) is 0 Å². The molecule has 0 amide bonds. The lowest BCUT2D eigenvalue weighted by atomic mass is 10.0. The Kier molecular flexibility index (Phi) is 65.2. The van der Waals surface area contributed by atoms with Crippen LogP contribution >= 0.6 is 0 Å². The number of rotatable bonds is 62. The number of ether oxygens (including phenoxy) is 3. The molecule has 0 aromatic heterocycles. The molecule has 6 heteroatoms. The summed E-state index contributed by atoms with van der Waals surface area (Å²) in [6, 6.07) is 0. The normalized spacial score (nSPS) is 12.8. The van der Waals surface area contributed by atoms with Crippen LogP contribution < -0.4 is 0 Å². The molecule has 0 aromatic rings. The third kappa shape index (κ3) is 66.8. The van der Waals surface area contributed by atoms with Gasteiger partial charge in [0.05, 0.1) is 0 Å². The highest BCUT2D eigenvalue weighted by molar-refractivity contribution is 5.71.